The second kappa shape index (κ2) is 10.8. The number of hydrogen-bond donors (Lipinski definition) is 1. The molecule has 2 aliphatic rings. The van der Waals surface area contributed by atoms with Crippen LogP contribution in [0.25, 0.3) is 0 Å². The summed E-state index contributed by atoms with van der Waals surface area (Å²) in [6.45, 7) is 5.19. The summed E-state index contributed by atoms with van der Waals surface area (Å²) < 4.78 is 30.1. The highest BCUT2D eigenvalue weighted by atomic mass is 35.5. The highest BCUT2D eigenvalue weighted by Crippen LogP contribution is 2.44. The highest BCUT2D eigenvalue weighted by Gasteiger charge is 2.50. The van der Waals surface area contributed by atoms with E-state index >= 15 is 0 Å². The van der Waals surface area contributed by atoms with Gasteiger partial charge in [-0.1, -0.05) is 71.4 Å². The molecule has 0 aromatic heterocycles. The van der Waals surface area contributed by atoms with Crippen molar-refractivity contribution in [2.75, 3.05) is 16.4 Å². The number of fused-ring (bicyclic) bond motifs is 1. The lowest BCUT2D eigenvalue weighted by Gasteiger charge is -2.26. The molecule has 2 saturated heterocycles. The fourth-order valence-corrected chi connectivity index (χ4v) is 8.50. The van der Waals surface area contributed by atoms with E-state index in [0.29, 0.717) is 15.9 Å². The maximum atomic E-state index is 13.5. The lowest BCUT2D eigenvalue weighted by Crippen LogP contribution is -2.45. The topological polar surface area (TPSA) is 105 Å². The number of amides is 2. The third-order valence-electron chi connectivity index (χ3n) is 5.73. The van der Waals surface area contributed by atoms with Crippen molar-refractivity contribution in [1.82, 2.24) is 5.32 Å². The van der Waals surface area contributed by atoms with Gasteiger partial charge in [-0.25, -0.2) is 13.2 Å². The molecule has 2 amide bonds. The largest absolute Gasteiger partial charge is 0.444 e. The number of benzene rings is 2. The number of carbonyl (C=O) groups excluding carboxylic acids is 2. The zero-order valence-electron chi connectivity index (χ0n) is 20.5. The Balaban J connectivity index is 1.68. The summed E-state index contributed by atoms with van der Waals surface area (Å²) in [6, 6.07) is 12.8. The fraction of sp³-hybridized carbons (Fsp3) is 0.400. The molecule has 0 aliphatic carbocycles. The van der Waals surface area contributed by atoms with Crippen LogP contribution in [0.2, 0.25) is 10.0 Å². The molecule has 2 heterocycles. The van der Waals surface area contributed by atoms with Gasteiger partial charge >= 0.3 is 6.09 Å². The number of carbonyl (C=O) groups is 2. The Morgan fingerprint density at radius 1 is 1.14 bits per heavy atom. The van der Waals surface area contributed by atoms with Crippen LogP contribution in [0.5, 0.6) is 0 Å². The van der Waals surface area contributed by atoms with Gasteiger partial charge in [0.15, 0.2) is 15.0 Å². The van der Waals surface area contributed by atoms with Gasteiger partial charge in [-0.05, 0) is 38.5 Å². The van der Waals surface area contributed by atoms with Crippen LogP contribution in [0.4, 0.5) is 10.5 Å². The second-order valence-electron chi connectivity index (χ2n) is 9.86. The average molecular weight is 585 g/mol. The maximum Gasteiger partial charge on any atom is 0.408 e. The number of aliphatic imine (C=N–C) groups is 1. The number of halogens is 2. The Bertz CT molecular complexity index is 1330. The minimum absolute atomic E-state index is 0.0339. The van der Waals surface area contributed by atoms with E-state index < -0.39 is 39.5 Å². The number of thioether (sulfide) groups is 1. The van der Waals surface area contributed by atoms with Crippen LogP contribution >= 0.6 is 35.0 Å². The molecule has 2 fully saturated rings. The first-order valence-electron chi connectivity index (χ1n) is 11.6. The van der Waals surface area contributed by atoms with Crippen molar-refractivity contribution in [2.24, 2.45) is 4.99 Å². The molecule has 2 aliphatic heterocycles. The van der Waals surface area contributed by atoms with Gasteiger partial charge in [0, 0.05) is 11.7 Å². The van der Waals surface area contributed by atoms with Crippen molar-refractivity contribution in [3.8, 4) is 0 Å². The minimum atomic E-state index is -3.26. The highest BCUT2D eigenvalue weighted by molar-refractivity contribution is 8.16. The maximum absolute atomic E-state index is 13.5. The fourth-order valence-electron chi connectivity index (χ4n) is 4.20. The summed E-state index contributed by atoms with van der Waals surface area (Å²) in [5, 5.41) is 3.17. The number of alkyl carbamates (subject to hydrolysis) is 1. The van der Waals surface area contributed by atoms with E-state index in [2.05, 4.69) is 10.3 Å². The first kappa shape index (κ1) is 27.8. The Morgan fingerprint density at radius 2 is 1.84 bits per heavy atom. The number of anilines is 1. The van der Waals surface area contributed by atoms with Gasteiger partial charge < -0.3 is 15.0 Å². The minimum Gasteiger partial charge on any atom is -0.444 e. The SMILES string of the molecule is CC(C)(C)OC(=O)N[C@@H](Cc1ccccc1)C(=O)N=C1S[C@H]2CS(=O)(=O)C[C@@H]2N1c1cccc(Cl)c1Cl. The molecule has 0 spiro atoms. The van der Waals surface area contributed by atoms with E-state index in [4.69, 9.17) is 27.9 Å². The molecule has 198 valence electrons. The predicted molar refractivity (Wildman–Crippen MR) is 149 cm³/mol. The third-order valence-corrected chi connectivity index (χ3v) is 9.75. The molecule has 0 unspecified atom stereocenters. The van der Waals surface area contributed by atoms with Crippen LogP contribution in [-0.2, 0) is 25.8 Å². The van der Waals surface area contributed by atoms with Gasteiger partial charge in [-0.2, -0.15) is 4.99 Å². The van der Waals surface area contributed by atoms with Gasteiger partial charge in [-0.15, -0.1) is 0 Å². The summed E-state index contributed by atoms with van der Waals surface area (Å²) in [5.41, 5.74) is 0.548. The summed E-state index contributed by atoms with van der Waals surface area (Å²) in [4.78, 5) is 32.1. The van der Waals surface area contributed by atoms with E-state index in [1.807, 2.05) is 30.3 Å². The summed E-state index contributed by atoms with van der Waals surface area (Å²) in [7, 11) is -3.26. The number of nitrogens with one attached hydrogen (secondary N) is 1. The van der Waals surface area contributed by atoms with Crippen molar-refractivity contribution in [2.45, 2.75) is 50.1 Å². The normalized spacial score (nSPS) is 22.5. The number of nitrogens with zero attached hydrogens (tertiary/aromatic N) is 2. The summed E-state index contributed by atoms with van der Waals surface area (Å²) >= 11 is 13.9. The van der Waals surface area contributed by atoms with Crippen LogP contribution in [0.3, 0.4) is 0 Å². The molecule has 2 aromatic carbocycles. The first-order valence-corrected chi connectivity index (χ1v) is 15.0. The van der Waals surface area contributed by atoms with E-state index in [1.165, 1.54) is 11.8 Å². The predicted octanol–water partition coefficient (Wildman–Crippen LogP) is 4.73. The molecular formula is C25H27Cl2N3O5S2. The average Bonchev–Trinajstić information content (AvgIpc) is 3.25. The van der Waals surface area contributed by atoms with E-state index in [1.54, 1.807) is 43.9 Å². The van der Waals surface area contributed by atoms with E-state index in [0.717, 1.165) is 5.56 Å². The first-order chi connectivity index (χ1) is 17.3. The van der Waals surface area contributed by atoms with Gasteiger partial charge in [-0.3, -0.25) is 4.79 Å². The monoisotopic (exact) mass is 583 g/mol. The van der Waals surface area contributed by atoms with Crippen molar-refractivity contribution >= 4 is 67.7 Å². The van der Waals surface area contributed by atoms with Gasteiger partial charge in [0.1, 0.15) is 11.6 Å². The number of amidine groups is 1. The Kier molecular flexibility index (Phi) is 8.13. The molecule has 3 atom stereocenters. The molecule has 1 N–H and O–H groups in total. The lowest BCUT2D eigenvalue weighted by molar-refractivity contribution is -0.119. The summed E-state index contributed by atoms with van der Waals surface area (Å²) in [6.07, 6.45) is -0.543. The van der Waals surface area contributed by atoms with E-state index in [-0.39, 0.29) is 28.2 Å². The molecule has 12 heteroatoms. The van der Waals surface area contributed by atoms with Gasteiger partial charge in [0.2, 0.25) is 0 Å². The van der Waals surface area contributed by atoms with E-state index in [9.17, 15) is 18.0 Å². The van der Waals surface area contributed by atoms with Crippen LogP contribution in [0.1, 0.15) is 26.3 Å². The Morgan fingerprint density at radius 3 is 2.51 bits per heavy atom. The number of hydrogen-bond acceptors (Lipinski definition) is 6. The quantitative estimate of drug-likeness (QED) is 0.542. The van der Waals surface area contributed by atoms with Crippen LogP contribution in [0.15, 0.2) is 53.5 Å². The smallest absolute Gasteiger partial charge is 0.408 e. The van der Waals surface area contributed by atoms with Crippen molar-refractivity contribution in [3.63, 3.8) is 0 Å². The number of rotatable bonds is 5. The molecule has 2 aromatic rings. The molecule has 0 radical (unpaired) electrons. The molecular weight excluding hydrogens is 557 g/mol. The second-order valence-corrected chi connectivity index (χ2v) is 14.0. The lowest BCUT2D eigenvalue weighted by atomic mass is 10.1. The Labute approximate surface area is 230 Å². The Hall–Kier alpha value is -2.27. The van der Waals surface area contributed by atoms with Crippen LogP contribution in [-0.4, -0.2) is 60.0 Å². The standard InChI is InChI=1S/C25H27Cl2N3O5S2/c1-25(2,3)35-24(32)28-17(12-15-8-5-4-6-9-15)22(31)29-23-30(18-11-7-10-16(26)21(18)27)19-13-37(33,34)14-20(19)36-23/h4-11,17,19-20H,12-14H2,1-3H3,(H,28,32)/t17-,19-,20-/m0/s1. The van der Waals surface area contributed by atoms with Gasteiger partial charge in [0.05, 0.1) is 33.3 Å². The molecule has 8 nitrogen and oxygen atoms in total. The number of sulfone groups is 1. The summed E-state index contributed by atoms with van der Waals surface area (Å²) in [5.74, 6) is -0.721. The molecule has 0 saturated carbocycles. The zero-order valence-corrected chi connectivity index (χ0v) is 23.6. The van der Waals surface area contributed by atoms with Crippen molar-refractivity contribution < 1.29 is 22.7 Å². The van der Waals surface area contributed by atoms with Crippen LogP contribution < -0.4 is 10.2 Å². The zero-order chi connectivity index (χ0) is 27.0. The molecule has 4 rings (SSSR count). The van der Waals surface area contributed by atoms with Gasteiger partial charge in [0.25, 0.3) is 5.91 Å². The molecule has 37 heavy (non-hydrogen) atoms. The third kappa shape index (κ3) is 6.79. The number of ether oxygens (including phenoxy) is 1. The van der Waals surface area contributed by atoms with Crippen molar-refractivity contribution in [1.29, 1.82) is 0 Å². The molecule has 0 bridgehead atoms. The van der Waals surface area contributed by atoms with Crippen molar-refractivity contribution in [3.05, 3.63) is 64.1 Å². The van der Waals surface area contributed by atoms with Crippen LogP contribution in [0, 0.1) is 0 Å².